The van der Waals surface area contributed by atoms with Crippen molar-refractivity contribution in [2.24, 2.45) is 5.92 Å². The Kier molecular flexibility index (Phi) is 4.28. The van der Waals surface area contributed by atoms with Gasteiger partial charge in [0.05, 0.1) is 5.52 Å². The molecule has 0 spiro atoms. The molecule has 1 aliphatic heterocycles. The van der Waals surface area contributed by atoms with E-state index in [1.165, 1.54) is 30.5 Å². The van der Waals surface area contributed by atoms with E-state index in [0.717, 1.165) is 31.1 Å². The van der Waals surface area contributed by atoms with Gasteiger partial charge in [-0.1, -0.05) is 31.2 Å². The Bertz CT molecular complexity index is 562. The largest absolute Gasteiger partial charge is 0.317 e. The van der Waals surface area contributed by atoms with Crippen molar-refractivity contribution in [3.05, 3.63) is 42.1 Å². The molecule has 0 amide bonds. The fourth-order valence-corrected chi connectivity index (χ4v) is 3.11. The predicted octanol–water partition coefficient (Wildman–Crippen LogP) is 2.67. The Morgan fingerprint density at radius 3 is 3.10 bits per heavy atom. The zero-order valence-electron chi connectivity index (χ0n) is 12.2. The van der Waals surface area contributed by atoms with E-state index in [2.05, 4.69) is 46.4 Å². The molecule has 3 heteroatoms. The molecule has 1 saturated heterocycles. The summed E-state index contributed by atoms with van der Waals surface area (Å²) in [6.07, 6.45) is 3.20. The lowest BCUT2D eigenvalue weighted by Crippen LogP contribution is -2.26. The zero-order chi connectivity index (χ0) is 13.8. The first kappa shape index (κ1) is 13.5. The zero-order valence-corrected chi connectivity index (χ0v) is 12.2. The average Bonchev–Trinajstić information content (AvgIpc) is 2.93. The second-order valence-corrected chi connectivity index (χ2v) is 5.69. The van der Waals surface area contributed by atoms with Crippen LogP contribution in [0.4, 0.5) is 0 Å². The van der Waals surface area contributed by atoms with Crippen LogP contribution in [-0.4, -0.2) is 36.1 Å². The van der Waals surface area contributed by atoms with Crippen molar-refractivity contribution >= 4 is 10.9 Å². The van der Waals surface area contributed by atoms with Gasteiger partial charge in [-0.25, -0.2) is 0 Å². The minimum absolute atomic E-state index is 0.804. The van der Waals surface area contributed by atoms with Crippen LogP contribution in [0.2, 0.25) is 0 Å². The highest BCUT2D eigenvalue weighted by atomic mass is 15.1. The summed E-state index contributed by atoms with van der Waals surface area (Å²) in [7, 11) is 0. The van der Waals surface area contributed by atoms with Crippen molar-refractivity contribution in [3.63, 3.8) is 0 Å². The Balaban J connectivity index is 1.68. The molecule has 2 heterocycles. The molecule has 20 heavy (non-hydrogen) atoms. The van der Waals surface area contributed by atoms with Crippen LogP contribution in [0.15, 0.2) is 36.5 Å². The van der Waals surface area contributed by atoms with Gasteiger partial charge < -0.3 is 5.32 Å². The first-order chi connectivity index (χ1) is 9.86. The van der Waals surface area contributed by atoms with Crippen LogP contribution in [0.5, 0.6) is 0 Å². The van der Waals surface area contributed by atoms with E-state index in [1.807, 2.05) is 12.3 Å². The fraction of sp³-hybridized carbons (Fsp3) is 0.471. The molecular formula is C17H23N3. The third-order valence-electron chi connectivity index (χ3n) is 4.16. The fourth-order valence-electron chi connectivity index (χ4n) is 3.11. The van der Waals surface area contributed by atoms with Crippen LogP contribution in [0.1, 0.15) is 18.9 Å². The van der Waals surface area contributed by atoms with Crippen molar-refractivity contribution < 1.29 is 0 Å². The van der Waals surface area contributed by atoms with Gasteiger partial charge in [0.25, 0.3) is 0 Å². The highest BCUT2D eigenvalue weighted by molar-refractivity contribution is 5.81. The van der Waals surface area contributed by atoms with Crippen LogP contribution in [0.3, 0.4) is 0 Å². The van der Waals surface area contributed by atoms with E-state index in [-0.39, 0.29) is 0 Å². The maximum absolute atomic E-state index is 4.55. The number of para-hydroxylation sites is 1. The van der Waals surface area contributed by atoms with Crippen LogP contribution < -0.4 is 5.32 Å². The third-order valence-corrected chi connectivity index (χ3v) is 4.16. The van der Waals surface area contributed by atoms with Gasteiger partial charge in [-0.3, -0.25) is 9.88 Å². The number of likely N-dealkylation sites (tertiary alicyclic amines) is 1. The van der Waals surface area contributed by atoms with E-state index in [4.69, 9.17) is 0 Å². The summed E-state index contributed by atoms with van der Waals surface area (Å²) in [5.74, 6) is 0.804. The average molecular weight is 269 g/mol. The molecule has 1 N–H and O–H groups in total. The SMILES string of the molecule is CCNCC1CCN(Cc2cccc3cccnc23)C1. The van der Waals surface area contributed by atoms with Crippen LogP contribution >= 0.6 is 0 Å². The third kappa shape index (κ3) is 3.00. The number of pyridine rings is 1. The molecule has 106 valence electrons. The number of fused-ring (bicyclic) bond motifs is 1. The van der Waals surface area contributed by atoms with Gasteiger partial charge in [-0.2, -0.15) is 0 Å². The first-order valence-electron chi connectivity index (χ1n) is 7.62. The molecule has 1 unspecified atom stereocenters. The maximum Gasteiger partial charge on any atom is 0.0746 e. The molecule has 1 aromatic carbocycles. The molecule has 2 aromatic rings. The highest BCUT2D eigenvalue weighted by Crippen LogP contribution is 2.22. The predicted molar refractivity (Wildman–Crippen MR) is 83.7 cm³/mol. The summed E-state index contributed by atoms with van der Waals surface area (Å²) < 4.78 is 0. The van der Waals surface area contributed by atoms with Gasteiger partial charge in [0.2, 0.25) is 0 Å². The van der Waals surface area contributed by atoms with E-state index in [9.17, 15) is 0 Å². The number of aromatic nitrogens is 1. The molecule has 0 aliphatic carbocycles. The Morgan fingerprint density at radius 1 is 1.30 bits per heavy atom. The Labute approximate surface area is 121 Å². The summed E-state index contributed by atoms with van der Waals surface area (Å²) in [5, 5.41) is 4.71. The number of benzene rings is 1. The molecule has 1 aliphatic rings. The summed E-state index contributed by atoms with van der Waals surface area (Å²) in [6.45, 7) is 7.84. The second-order valence-electron chi connectivity index (χ2n) is 5.69. The number of nitrogens with one attached hydrogen (secondary N) is 1. The number of rotatable bonds is 5. The Hall–Kier alpha value is -1.45. The van der Waals surface area contributed by atoms with Gasteiger partial charge in [0, 0.05) is 24.7 Å². The molecule has 1 aromatic heterocycles. The molecule has 1 fully saturated rings. The number of nitrogens with zero attached hydrogens (tertiary/aromatic N) is 2. The van der Waals surface area contributed by atoms with Crippen molar-refractivity contribution in [1.29, 1.82) is 0 Å². The van der Waals surface area contributed by atoms with Crippen LogP contribution in [-0.2, 0) is 6.54 Å². The number of hydrogen-bond acceptors (Lipinski definition) is 3. The highest BCUT2D eigenvalue weighted by Gasteiger charge is 2.22. The van der Waals surface area contributed by atoms with Crippen molar-refractivity contribution in [1.82, 2.24) is 15.2 Å². The standard InChI is InChI=1S/C17H23N3/c1-2-18-11-14-8-10-20(12-14)13-16-6-3-5-15-7-4-9-19-17(15)16/h3-7,9,14,18H,2,8,10-13H2,1H3. The molecule has 3 rings (SSSR count). The monoisotopic (exact) mass is 269 g/mol. The summed E-state index contributed by atoms with van der Waals surface area (Å²) in [5.41, 5.74) is 2.51. The molecule has 0 saturated carbocycles. The van der Waals surface area contributed by atoms with Crippen LogP contribution in [0.25, 0.3) is 10.9 Å². The lowest BCUT2D eigenvalue weighted by Gasteiger charge is -2.17. The minimum Gasteiger partial charge on any atom is -0.317 e. The smallest absolute Gasteiger partial charge is 0.0746 e. The normalized spacial score (nSPS) is 19.8. The van der Waals surface area contributed by atoms with E-state index < -0.39 is 0 Å². The Morgan fingerprint density at radius 2 is 2.20 bits per heavy atom. The minimum atomic E-state index is 0.804. The van der Waals surface area contributed by atoms with Gasteiger partial charge in [-0.05, 0) is 43.6 Å². The molecule has 0 bridgehead atoms. The second kappa shape index (κ2) is 6.33. The molecule has 0 radical (unpaired) electrons. The van der Waals surface area contributed by atoms with E-state index in [0.29, 0.717) is 0 Å². The van der Waals surface area contributed by atoms with Gasteiger partial charge in [0.15, 0.2) is 0 Å². The number of hydrogen-bond donors (Lipinski definition) is 1. The van der Waals surface area contributed by atoms with Gasteiger partial charge in [0.1, 0.15) is 0 Å². The summed E-state index contributed by atoms with van der Waals surface area (Å²) >= 11 is 0. The van der Waals surface area contributed by atoms with Crippen LogP contribution in [0, 0.1) is 5.92 Å². The van der Waals surface area contributed by atoms with Gasteiger partial charge >= 0.3 is 0 Å². The van der Waals surface area contributed by atoms with E-state index in [1.54, 1.807) is 0 Å². The quantitative estimate of drug-likeness (QED) is 0.904. The summed E-state index contributed by atoms with van der Waals surface area (Å²) in [4.78, 5) is 7.11. The summed E-state index contributed by atoms with van der Waals surface area (Å²) in [6, 6.07) is 10.7. The first-order valence-corrected chi connectivity index (χ1v) is 7.62. The topological polar surface area (TPSA) is 28.2 Å². The van der Waals surface area contributed by atoms with Crippen molar-refractivity contribution in [3.8, 4) is 0 Å². The molecular weight excluding hydrogens is 246 g/mol. The van der Waals surface area contributed by atoms with Crippen molar-refractivity contribution in [2.75, 3.05) is 26.2 Å². The maximum atomic E-state index is 4.55. The lowest BCUT2D eigenvalue weighted by atomic mass is 10.1. The lowest BCUT2D eigenvalue weighted by molar-refractivity contribution is 0.315. The molecule has 3 nitrogen and oxygen atoms in total. The van der Waals surface area contributed by atoms with Gasteiger partial charge in [-0.15, -0.1) is 0 Å². The molecule has 1 atom stereocenters. The van der Waals surface area contributed by atoms with Crippen molar-refractivity contribution in [2.45, 2.75) is 19.9 Å². The van der Waals surface area contributed by atoms with E-state index >= 15 is 0 Å².